The average molecular weight is 258 g/mol. The third kappa shape index (κ3) is 3.17. The normalized spacial score (nSPS) is 27.0. The van der Waals surface area contributed by atoms with Gasteiger partial charge >= 0.3 is 0 Å². The topological polar surface area (TPSA) is 26.3 Å². The maximum absolute atomic E-state index is 12.5. The molecular formula is C17H22O2. The zero-order valence-corrected chi connectivity index (χ0v) is 11.6. The molecule has 0 N–H and O–H groups in total. The summed E-state index contributed by atoms with van der Waals surface area (Å²) in [5.74, 6) is 2.08. The molecule has 2 unspecified atom stereocenters. The number of benzene rings is 1. The van der Waals surface area contributed by atoms with Crippen molar-refractivity contribution in [1.82, 2.24) is 0 Å². The van der Waals surface area contributed by atoms with E-state index in [-0.39, 0.29) is 5.92 Å². The minimum Gasteiger partial charge on any atom is -0.490 e. The SMILES string of the molecule is CC1CCCC(C(=O)c2cccc(OC3CC3)c2)C1. The van der Waals surface area contributed by atoms with Crippen LogP contribution < -0.4 is 4.74 Å². The molecule has 0 aliphatic heterocycles. The van der Waals surface area contributed by atoms with Gasteiger partial charge in [0.1, 0.15) is 5.75 Å². The van der Waals surface area contributed by atoms with E-state index < -0.39 is 0 Å². The molecule has 0 spiro atoms. The lowest BCUT2D eigenvalue weighted by Crippen LogP contribution is -2.21. The van der Waals surface area contributed by atoms with Gasteiger partial charge in [-0.1, -0.05) is 31.9 Å². The number of carbonyl (C=O) groups excluding carboxylic acids is 1. The summed E-state index contributed by atoms with van der Waals surface area (Å²) < 4.78 is 5.77. The molecule has 2 atom stereocenters. The molecule has 0 amide bonds. The Balaban J connectivity index is 1.71. The molecule has 19 heavy (non-hydrogen) atoms. The van der Waals surface area contributed by atoms with Gasteiger partial charge in [-0.15, -0.1) is 0 Å². The second-order valence-corrected chi connectivity index (χ2v) is 6.18. The lowest BCUT2D eigenvalue weighted by Gasteiger charge is -2.25. The van der Waals surface area contributed by atoms with Crippen molar-refractivity contribution >= 4 is 5.78 Å². The molecular weight excluding hydrogens is 236 g/mol. The summed E-state index contributed by atoms with van der Waals surface area (Å²) in [6.45, 7) is 2.26. The summed E-state index contributed by atoms with van der Waals surface area (Å²) >= 11 is 0. The third-order valence-electron chi connectivity index (χ3n) is 4.25. The zero-order chi connectivity index (χ0) is 13.2. The van der Waals surface area contributed by atoms with E-state index in [1.165, 1.54) is 12.8 Å². The molecule has 2 aliphatic rings. The van der Waals surface area contributed by atoms with Crippen LogP contribution in [0.4, 0.5) is 0 Å². The average Bonchev–Trinajstić information content (AvgIpc) is 3.22. The van der Waals surface area contributed by atoms with Crippen molar-refractivity contribution in [1.29, 1.82) is 0 Å². The zero-order valence-electron chi connectivity index (χ0n) is 11.6. The van der Waals surface area contributed by atoms with Crippen LogP contribution in [0.5, 0.6) is 5.75 Å². The summed E-state index contributed by atoms with van der Waals surface area (Å²) in [6.07, 6.45) is 7.25. The highest BCUT2D eigenvalue weighted by molar-refractivity contribution is 5.98. The summed E-state index contributed by atoms with van der Waals surface area (Å²) in [5, 5.41) is 0. The van der Waals surface area contributed by atoms with E-state index in [0.29, 0.717) is 17.8 Å². The van der Waals surface area contributed by atoms with Crippen molar-refractivity contribution in [3.05, 3.63) is 29.8 Å². The Kier molecular flexibility index (Phi) is 3.58. The van der Waals surface area contributed by atoms with Crippen LogP contribution in [-0.4, -0.2) is 11.9 Å². The number of rotatable bonds is 4. The van der Waals surface area contributed by atoms with Crippen LogP contribution in [0.2, 0.25) is 0 Å². The fourth-order valence-corrected chi connectivity index (χ4v) is 3.01. The monoisotopic (exact) mass is 258 g/mol. The van der Waals surface area contributed by atoms with Crippen molar-refractivity contribution in [3.63, 3.8) is 0 Å². The van der Waals surface area contributed by atoms with Gasteiger partial charge in [0.05, 0.1) is 6.10 Å². The van der Waals surface area contributed by atoms with Crippen LogP contribution in [0.3, 0.4) is 0 Å². The van der Waals surface area contributed by atoms with E-state index in [0.717, 1.165) is 37.0 Å². The highest BCUT2D eigenvalue weighted by Gasteiger charge is 2.27. The first kappa shape index (κ1) is 12.7. The first-order valence-electron chi connectivity index (χ1n) is 7.53. The minimum atomic E-state index is 0.222. The predicted octanol–water partition coefficient (Wildman–Crippen LogP) is 4.24. The molecule has 3 rings (SSSR count). The van der Waals surface area contributed by atoms with Crippen LogP contribution in [0.25, 0.3) is 0 Å². The number of hydrogen-bond acceptors (Lipinski definition) is 2. The predicted molar refractivity (Wildman–Crippen MR) is 75.5 cm³/mol. The van der Waals surface area contributed by atoms with E-state index in [2.05, 4.69) is 6.92 Å². The fourth-order valence-electron chi connectivity index (χ4n) is 3.01. The van der Waals surface area contributed by atoms with Crippen LogP contribution in [0.15, 0.2) is 24.3 Å². The lowest BCUT2D eigenvalue weighted by molar-refractivity contribution is 0.0868. The van der Waals surface area contributed by atoms with E-state index in [9.17, 15) is 4.79 Å². The van der Waals surface area contributed by atoms with Crippen molar-refractivity contribution < 1.29 is 9.53 Å². The van der Waals surface area contributed by atoms with Gasteiger partial charge in [0, 0.05) is 11.5 Å². The van der Waals surface area contributed by atoms with Crippen molar-refractivity contribution in [2.24, 2.45) is 11.8 Å². The van der Waals surface area contributed by atoms with Crippen LogP contribution >= 0.6 is 0 Å². The van der Waals surface area contributed by atoms with E-state index in [4.69, 9.17) is 4.74 Å². The van der Waals surface area contributed by atoms with Gasteiger partial charge in [0.25, 0.3) is 0 Å². The molecule has 0 saturated heterocycles. The highest BCUT2D eigenvalue weighted by Crippen LogP contribution is 2.32. The number of carbonyl (C=O) groups is 1. The molecule has 1 aromatic rings. The Morgan fingerprint density at radius 1 is 1.21 bits per heavy atom. The van der Waals surface area contributed by atoms with E-state index in [1.807, 2.05) is 24.3 Å². The van der Waals surface area contributed by atoms with Crippen molar-refractivity contribution in [2.75, 3.05) is 0 Å². The molecule has 2 nitrogen and oxygen atoms in total. The summed E-state index contributed by atoms with van der Waals surface area (Å²) in [6, 6.07) is 7.76. The Bertz CT molecular complexity index is 462. The number of hydrogen-bond donors (Lipinski definition) is 0. The Morgan fingerprint density at radius 3 is 2.79 bits per heavy atom. The van der Waals surface area contributed by atoms with Gasteiger partial charge in [-0.3, -0.25) is 4.79 Å². The molecule has 0 aromatic heterocycles. The second kappa shape index (κ2) is 5.36. The molecule has 0 bridgehead atoms. The minimum absolute atomic E-state index is 0.222. The second-order valence-electron chi connectivity index (χ2n) is 6.18. The van der Waals surface area contributed by atoms with Gasteiger partial charge in [0.15, 0.2) is 5.78 Å². The number of ketones is 1. The molecule has 1 aromatic carbocycles. The number of Topliss-reactive ketones (excluding diaryl/α,β-unsaturated/α-hetero) is 1. The fraction of sp³-hybridized carbons (Fsp3) is 0.588. The van der Waals surface area contributed by atoms with Crippen LogP contribution in [0, 0.1) is 11.8 Å². The maximum atomic E-state index is 12.5. The van der Waals surface area contributed by atoms with Gasteiger partial charge in [-0.2, -0.15) is 0 Å². The Morgan fingerprint density at radius 2 is 2.05 bits per heavy atom. The first-order valence-corrected chi connectivity index (χ1v) is 7.53. The molecule has 2 fully saturated rings. The van der Waals surface area contributed by atoms with Gasteiger partial charge < -0.3 is 4.74 Å². The lowest BCUT2D eigenvalue weighted by atomic mass is 9.79. The van der Waals surface area contributed by atoms with Crippen LogP contribution in [-0.2, 0) is 0 Å². The Hall–Kier alpha value is -1.31. The maximum Gasteiger partial charge on any atom is 0.166 e. The molecule has 0 radical (unpaired) electrons. The third-order valence-corrected chi connectivity index (χ3v) is 4.25. The van der Waals surface area contributed by atoms with Crippen molar-refractivity contribution in [3.8, 4) is 5.75 Å². The summed E-state index contributed by atoms with van der Waals surface area (Å²) in [4.78, 5) is 12.5. The van der Waals surface area contributed by atoms with E-state index >= 15 is 0 Å². The van der Waals surface area contributed by atoms with Gasteiger partial charge in [-0.05, 0) is 43.7 Å². The molecule has 102 valence electrons. The van der Waals surface area contributed by atoms with Gasteiger partial charge in [0.2, 0.25) is 0 Å². The molecule has 2 saturated carbocycles. The van der Waals surface area contributed by atoms with Gasteiger partial charge in [-0.25, -0.2) is 0 Å². The quantitative estimate of drug-likeness (QED) is 0.755. The smallest absolute Gasteiger partial charge is 0.166 e. The van der Waals surface area contributed by atoms with E-state index in [1.54, 1.807) is 0 Å². The molecule has 2 aliphatic carbocycles. The molecule has 2 heteroatoms. The van der Waals surface area contributed by atoms with Crippen molar-refractivity contribution in [2.45, 2.75) is 51.6 Å². The Labute approximate surface area is 115 Å². The first-order chi connectivity index (χ1) is 9.22. The largest absolute Gasteiger partial charge is 0.490 e. The highest BCUT2D eigenvalue weighted by atomic mass is 16.5. The number of ether oxygens (including phenoxy) is 1. The summed E-state index contributed by atoms with van der Waals surface area (Å²) in [5.41, 5.74) is 0.831. The molecule has 0 heterocycles. The standard InChI is InChI=1S/C17H22O2/c1-12-4-2-5-13(10-12)17(18)14-6-3-7-16(11-14)19-15-8-9-15/h3,6-7,11-13,15H,2,4-5,8-10H2,1H3. The van der Waals surface area contributed by atoms with Crippen LogP contribution in [0.1, 0.15) is 55.8 Å². The summed E-state index contributed by atoms with van der Waals surface area (Å²) in [7, 11) is 0.